The van der Waals surface area contributed by atoms with Gasteiger partial charge in [0.2, 0.25) is 0 Å². The SMILES string of the molecule is CNCc1ccc(S(=O)(=O)N(C)Cc2ccoc2C)nc1. The molecule has 0 atom stereocenters. The van der Waals surface area contributed by atoms with E-state index in [9.17, 15) is 8.42 Å². The Morgan fingerprint density at radius 3 is 2.62 bits per heavy atom. The second-order valence-electron chi connectivity index (χ2n) is 4.80. The third-order valence-electron chi connectivity index (χ3n) is 3.21. The van der Waals surface area contributed by atoms with E-state index in [1.165, 1.54) is 17.4 Å². The summed E-state index contributed by atoms with van der Waals surface area (Å²) in [6.45, 7) is 2.71. The van der Waals surface area contributed by atoms with Gasteiger partial charge >= 0.3 is 0 Å². The van der Waals surface area contributed by atoms with Crippen molar-refractivity contribution >= 4 is 10.0 Å². The molecule has 0 amide bonds. The van der Waals surface area contributed by atoms with Crippen molar-refractivity contribution in [3.05, 3.63) is 47.5 Å². The van der Waals surface area contributed by atoms with Gasteiger partial charge in [0.25, 0.3) is 10.0 Å². The maximum absolute atomic E-state index is 12.5. The lowest BCUT2D eigenvalue weighted by Crippen LogP contribution is -2.27. The summed E-state index contributed by atoms with van der Waals surface area (Å²) in [5.74, 6) is 0.717. The Morgan fingerprint density at radius 2 is 2.10 bits per heavy atom. The van der Waals surface area contributed by atoms with Crippen LogP contribution in [0.15, 0.2) is 40.1 Å². The number of nitrogens with zero attached hydrogens (tertiary/aromatic N) is 2. The topological polar surface area (TPSA) is 75.4 Å². The predicted octanol–water partition coefficient (Wildman–Crippen LogP) is 1.52. The zero-order valence-corrected chi connectivity index (χ0v) is 13.1. The lowest BCUT2D eigenvalue weighted by Gasteiger charge is -2.16. The van der Waals surface area contributed by atoms with Crippen LogP contribution in [0.5, 0.6) is 0 Å². The molecule has 0 unspecified atom stereocenters. The molecule has 2 aromatic rings. The Labute approximate surface area is 124 Å². The number of sulfonamides is 1. The Morgan fingerprint density at radius 1 is 1.33 bits per heavy atom. The van der Waals surface area contributed by atoms with E-state index in [1.54, 1.807) is 31.5 Å². The van der Waals surface area contributed by atoms with Crippen LogP contribution in [0.1, 0.15) is 16.9 Å². The van der Waals surface area contributed by atoms with Crippen LogP contribution >= 0.6 is 0 Å². The van der Waals surface area contributed by atoms with Gasteiger partial charge in [0, 0.05) is 31.9 Å². The summed E-state index contributed by atoms with van der Waals surface area (Å²) in [7, 11) is -0.246. The molecule has 0 aliphatic rings. The highest BCUT2D eigenvalue weighted by molar-refractivity contribution is 7.89. The zero-order valence-electron chi connectivity index (χ0n) is 12.3. The number of furan rings is 1. The first-order valence-corrected chi connectivity index (χ1v) is 7.98. The molecular weight excluding hydrogens is 290 g/mol. The normalized spacial score (nSPS) is 12.0. The summed E-state index contributed by atoms with van der Waals surface area (Å²) < 4.78 is 31.4. The number of hydrogen-bond donors (Lipinski definition) is 1. The van der Waals surface area contributed by atoms with E-state index in [2.05, 4.69) is 10.3 Å². The molecule has 2 aromatic heterocycles. The molecule has 0 saturated carbocycles. The standard InChI is InChI=1S/C14H19N3O3S/c1-11-13(6-7-20-11)10-17(3)21(18,19)14-5-4-12(8-15-2)9-16-14/h4-7,9,15H,8,10H2,1-3H3. The molecule has 0 aromatic carbocycles. The average Bonchev–Trinajstić information content (AvgIpc) is 2.85. The van der Waals surface area contributed by atoms with E-state index in [-0.39, 0.29) is 11.6 Å². The number of nitrogens with one attached hydrogen (secondary N) is 1. The molecule has 0 aliphatic heterocycles. The van der Waals surface area contributed by atoms with Crippen LogP contribution in [0, 0.1) is 6.92 Å². The first kappa shape index (κ1) is 15.7. The first-order chi connectivity index (χ1) is 9.95. The van der Waals surface area contributed by atoms with Crippen molar-refractivity contribution in [3.8, 4) is 0 Å². The van der Waals surface area contributed by atoms with Crippen molar-refractivity contribution in [3.63, 3.8) is 0 Å². The fourth-order valence-electron chi connectivity index (χ4n) is 1.93. The molecule has 0 aliphatic carbocycles. The molecule has 7 heteroatoms. The van der Waals surface area contributed by atoms with Crippen molar-refractivity contribution < 1.29 is 12.8 Å². The number of aromatic nitrogens is 1. The lowest BCUT2D eigenvalue weighted by molar-refractivity contribution is 0.456. The van der Waals surface area contributed by atoms with Gasteiger partial charge in [-0.3, -0.25) is 0 Å². The minimum atomic E-state index is -3.60. The Hall–Kier alpha value is -1.70. The number of pyridine rings is 1. The molecule has 6 nitrogen and oxygen atoms in total. The Kier molecular flexibility index (Phi) is 4.76. The second-order valence-corrected chi connectivity index (χ2v) is 6.79. The number of hydrogen-bond acceptors (Lipinski definition) is 5. The fraction of sp³-hybridized carbons (Fsp3) is 0.357. The maximum atomic E-state index is 12.5. The summed E-state index contributed by atoms with van der Waals surface area (Å²) in [5.41, 5.74) is 1.78. The van der Waals surface area contributed by atoms with Crippen LogP contribution in [-0.2, 0) is 23.1 Å². The summed E-state index contributed by atoms with van der Waals surface area (Å²) in [5, 5.41) is 3.04. The third-order valence-corrected chi connectivity index (χ3v) is 4.93. The van der Waals surface area contributed by atoms with Crippen LogP contribution in [-0.4, -0.2) is 31.8 Å². The van der Waals surface area contributed by atoms with Crippen LogP contribution in [0.2, 0.25) is 0 Å². The molecule has 0 fully saturated rings. The quantitative estimate of drug-likeness (QED) is 0.875. The highest BCUT2D eigenvalue weighted by Crippen LogP contribution is 2.17. The van der Waals surface area contributed by atoms with Gasteiger partial charge in [-0.15, -0.1) is 0 Å². The monoisotopic (exact) mass is 309 g/mol. The minimum absolute atomic E-state index is 0.0472. The Bertz CT molecular complexity index is 693. The molecular formula is C14H19N3O3S. The first-order valence-electron chi connectivity index (χ1n) is 6.54. The third kappa shape index (κ3) is 3.49. The van der Waals surface area contributed by atoms with Gasteiger partial charge in [0.05, 0.1) is 6.26 Å². The van der Waals surface area contributed by atoms with E-state index in [1.807, 2.05) is 7.05 Å². The fourth-order valence-corrected chi connectivity index (χ4v) is 2.99. The molecule has 2 rings (SSSR count). The van der Waals surface area contributed by atoms with Crippen LogP contribution < -0.4 is 5.32 Å². The molecule has 2 heterocycles. The van der Waals surface area contributed by atoms with E-state index >= 15 is 0 Å². The lowest BCUT2D eigenvalue weighted by atomic mass is 10.3. The van der Waals surface area contributed by atoms with Gasteiger partial charge in [-0.1, -0.05) is 6.07 Å². The van der Waals surface area contributed by atoms with Crippen LogP contribution in [0.4, 0.5) is 0 Å². The molecule has 21 heavy (non-hydrogen) atoms. The van der Waals surface area contributed by atoms with Crippen molar-refractivity contribution in [1.82, 2.24) is 14.6 Å². The van der Waals surface area contributed by atoms with Crippen molar-refractivity contribution in [2.75, 3.05) is 14.1 Å². The van der Waals surface area contributed by atoms with Crippen LogP contribution in [0.3, 0.4) is 0 Å². The Balaban J connectivity index is 2.18. The van der Waals surface area contributed by atoms with Gasteiger partial charge in [0.15, 0.2) is 5.03 Å². The van der Waals surface area contributed by atoms with E-state index in [0.717, 1.165) is 16.9 Å². The highest BCUT2D eigenvalue weighted by Gasteiger charge is 2.23. The molecule has 1 N–H and O–H groups in total. The van der Waals surface area contributed by atoms with Gasteiger partial charge < -0.3 is 9.73 Å². The number of aryl methyl sites for hydroxylation is 1. The van der Waals surface area contributed by atoms with Gasteiger partial charge in [-0.05, 0) is 31.7 Å². The molecule has 0 radical (unpaired) electrons. The highest BCUT2D eigenvalue weighted by atomic mass is 32.2. The van der Waals surface area contributed by atoms with Crippen molar-refractivity contribution in [1.29, 1.82) is 0 Å². The predicted molar refractivity (Wildman–Crippen MR) is 79.1 cm³/mol. The largest absolute Gasteiger partial charge is 0.469 e. The molecule has 0 bridgehead atoms. The minimum Gasteiger partial charge on any atom is -0.469 e. The van der Waals surface area contributed by atoms with E-state index in [0.29, 0.717) is 6.54 Å². The van der Waals surface area contributed by atoms with Crippen molar-refractivity contribution in [2.45, 2.75) is 25.0 Å². The molecule has 0 saturated heterocycles. The van der Waals surface area contributed by atoms with E-state index < -0.39 is 10.0 Å². The van der Waals surface area contributed by atoms with Crippen LogP contribution in [0.25, 0.3) is 0 Å². The van der Waals surface area contributed by atoms with Gasteiger partial charge in [0.1, 0.15) is 5.76 Å². The summed E-state index contributed by atoms with van der Waals surface area (Å²) in [6, 6.07) is 5.05. The number of rotatable bonds is 6. The maximum Gasteiger partial charge on any atom is 0.260 e. The summed E-state index contributed by atoms with van der Waals surface area (Å²) in [4.78, 5) is 4.05. The summed E-state index contributed by atoms with van der Waals surface area (Å²) >= 11 is 0. The van der Waals surface area contributed by atoms with Gasteiger partial charge in [-0.2, -0.15) is 4.31 Å². The zero-order chi connectivity index (χ0) is 15.5. The second kappa shape index (κ2) is 6.38. The molecule has 114 valence electrons. The van der Waals surface area contributed by atoms with Crippen molar-refractivity contribution in [2.24, 2.45) is 0 Å². The average molecular weight is 309 g/mol. The smallest absolute Gasteiger partial charge is 0.260 e. The van der Waals surface area contributed by atoms with Gasteiger partial charge in [-0.25, -0.2) is 13.4 Å². The summed E-state index contributed by atoms with van der Waals surface area (Å²) in [6.07, 6.45) is 3.12. The van der Waals surface area contributed by atoms with E-state index in [4.69, 9.17) is 4.42 Å². The molecule has 0 spiro atoms.